The summed E-state index contributed by atoms with van der Waals surface area (Å²) >= 11 is 0. The molecule has 0 bridgehead atoms. The molecule has 0 unspecified atom stereocenters. The quantitative estimate of drug-likeness (QED) is 0.141. The molecule has 0 saturated carbocycles. The lowest BCUT2D eigenvalue weighted by Gasteiger charge is -2.35. The SMILES string of the molecule is c1ccc(-c2ccccc2-c2c(-c3ccccc3)cccc2-c2ccc(N(c3ccccc3)c3ccc4c(c3)C(c3ccccc3)(c3ccccc3)c3ccccc3-4)cc2)cc1. The van der Waals surface area contributed by atoms with Crippen LogP contribution in [-0.4, -0.2) is 0 Å². The summed E-state index contributed by atoms with van der Waals surface area (Å²) in [6, 6.07) is 95.1. The lowest BCUT2D eigenvalue weighted by molar-refractivity contribution is 0.768. The Morgan fingerprint density at radius 3 is 1.24 bits per heavy atom. The number of fused-ring (bicyclic) bond motifs is 3. The van der Waals surface area contributed by atoms with Crippen LogP contribution < -0.4 is 4.90 Å². The second-order valence-corrected chi connectivity index (χ2v) is 16.0. The normalized spacial score (nSPS) is 12.3. The zero-order chi connectivity index (χ0) is 41.3. The fourth-order valence-electron chi connectivity index (χ4n) is 9.90. The third-order valence-electron chi connectivity index (χ3n) is 12.6. The Morgan fingerprint density at radius 2 is 0.645 bits per heavy atom. The third-order valence-corrected chi connectivity index (χ3v) is 12.6. The van der Waals surface area contributed by atoms with Crippen LogP contribution in [-0.2, 0) is 5.41 Å². The molecule has 0 atom stereocenters. The predicted molar refractivity (Wildman–Crippen MR) is 260 cm³/mol. The average Bonchev–Trinajstić information content (AvgIpc) is 3.66. The molecule has 0 aromatic heterocycles. The van der Waals surface area contributed by atoms with E-state index in [9.17, 15) is 0 Å². The molecule has 10 aromatic rings. The first-order valence-corrected chi connectivity index (χ1v) is 21.4. The lowest BCUT2D eigenvalue weighted by atomic mass is 9.67. The molecule has 1 nitrogen and oxygen atoms in total. The molecule has 0 saturated heterocycles. The van der Waals surface area contributed by atoms with E-state index in [0.717, 1.165) is 22.6 Å². The van der Waals surface area contributed by atoms with Crippen molar-refractivity contribution in [3.05, 3.63) is 283 Å². The van der Waals surface area contributed by atoms with Gasteiger partial charge in [-0.3, -0.25) is 0 Å². The monoisotopic (exact) mass is 789 g/mol. The number of nitrogens with zero attached hydrogens (tertiary/aromatic N) is 1. The van der Waals surface area contributed by atoms with Gasteiger partial charge in [0, 0.05) is 17.1 Å². The van der Waals surface area contributed by atoms with Crippen molar-refractivity contribution in [2.45, 2.75) is 5.41 Å². The highest BCUT2D eigenvalue weighted by Gasteiger charge is 2.46. The molecule has 0 fully saturated rings. The molecule has 0 radical (unpaired) electrons. The summed E-state index contributed by atoms with van der Waals surface area (Å²) in [6.07, 6.45) is 0. The van der Waals surface area contributed by atoms with Crippen molar-refractivity contribution in [3.8, 4) is 55.6 Å². The number of para-hydroxylation sites is 1. The van der Waals surface area contributed by atoms with Gasteiger partial charge in [-0.25, -0.2) is 0 Å². The van der Waals surface area contributed by atoms with Gasteiger partial charge in [0.05, 0.1) is 5.41 Å². The van der Waals surface area contributed by atoms with E-state index >= 15 is 0 Å². The Hall–Kier alpha value is -8.00. The summed E-state index contributed by atoms with van der Waals surface area (Å²) in [5.41, 5.74) is 20.1. The van der Waals surface area contributed by atoms with Gasteiger partial charge in [0.25, 0.3) is 0 Å². The molecule has 10 aromatic carbocycles. The van der Waals surface area contributed by atoms with Gasteiger partial charge < -0.3 is 4.90 Å². The summed E-state index contributed by atoms with van der Waals surface area (Å²) < 4.78 is 0. The van der Waals surface area contributed by atoms with E-state index in [4.69, 9.17) is 0 Å². The first-order valence-electron chi connectivity index (χ1n) is 21.4. The number of hydrogen-bond donors (Lipinski definition) is 0. The van der Waals surface area contributed by atoms with Crippen LogP contribution in [0.2, 0.25) is 0 Å². The van der Waals surface area contributed by atoms with Crippen molar-refractivity contribution in [1.82, 2.24) is 0 Å². The fourth-order valence-corrected chi connectivity index (χ4v) is 9.90. The maximum absolute atomic E-state index is 2.44. The van der Waals surface area contributed by atoms with E-state index < -0.39 is 5.41 Å². The molecular formula is C61H43N. The van der Waals surface area contributed by atoms with Gasteiger partial charge in [-0.2, -0.15) is 0 Å². The molecule has 0 spiro atoms. The van der Waals surface area contributed by atoms with Crippen LogP contribution in [0.3, 0.4) is 0 Å². The number of rotatable bonds is 9. The molecule has 1 heteroatoms. The highest BCUT2D eigenvalue weighted by atomic mass is 15.1. The Kier molecular flexibility index (Phi) is 9.48. The minimum absolute atomic E-state index is 0.493. The zero-order valence-electron chi connectivity index (χ0n) is 34.3. The maximum atomic E-state index is 2.44. The molecule has 0 N–H and O–H groups in total. The van der Waals surface area contributed by atoms with E-state index in [-0.39, 0.29) is 0 Å². The minimum Gasteiger partial charge on any atom is -0.310 e. The summed E-state index contributed by atoms with van der Waals surface area (Å²) in [4.78, 5) is 2.40. The highest BCUT2D eigenvalue weighted by Crippen LogP contribution is 2.57. The van der Waals surface area contributed by atoms with E-state index in [0.29, 0.717) is 0 Å². The second-order valence-electron chi connectivity index (χ2n) is 16.0. The fraction of sp³-hybridized carbons (Fsp3) is 0.0164. The van der Waals surface area contributed by atoms with Crippen molar-refractivity contribution in [2.75, 3.05) is 4.90 Å². The number of hydrogen-bond acceptors (Lipinski definition) is 1. The standard InChI is InChI=1S/C61H43N/c1-6-21-44(22-7-1)52-31-16-17-33-57(52)60-53(45-23-8-2-9-24-45)34-20-35-54(60)46-37-39-50(40-38-46)62(49-29-14-5-15-30-49)51-41-42-56-55-32-18-19-36-58(55)61(59(56)43-51,47-25-10-3-11-26-47)48-27-12-4-13-28-48/h1-43H. The zero-order valence-corrected chi connectivity index (χ0v) is 34.3. The second kappa shape index (κ2) is 15.9. The van der Waals surface area contributed by atoms with Gasteiger partial charge in [0.15, 0.2) is 0 Å². The predicted octanol–water partition coefficient (Wildman–Crippen LogP) is 16.2. The van der Waals surface area contributed by atoms with E-state index in [1.54, 1.807) is 0 Å². The van der Waals surface area contributed by atoms with Gasteiger partial charge in [0.2, 0.25) is 0 Å². The van der Waals surface area contributed by atoms with Crippen molar-refractivity contribution < 1.29 is 0 Å². The van der Waals surface area contributed by atoms with Crippen LogP contribution in [0.5, 0.6) is 0 Å². The first kappa shape index (κ1) is 37.0. The minimum atomic E-state index is -0.493. The van der Waals surface area contributed by atoms with Gasteiger partial charge in [-0.15, -0.1) is 0 Å². The molecule has 0 aliphatic heterocycles. The van der Waals surface area contributed by atoms with Crippen LogP contribution >= 0.6 is 0 Å². The van der Waals surface area contributed by atoms with Crippen molar-refractivity contribution >= 4 is 17.1 Å². The molecular weight excluding hydrogens is 747 g/mol. The number of benzene rings is 10. The van der Waals surface area contributed by atoms with E-state index in [2.05, 4.69) is 266 Å². The Balaban J connectivity index is 1.08. The summed E-state index contributed by atoms with van der Waals surface area (Å²) in [5.74, 6) is 0. The molecule has 11 rings (SSSR count). The largest absolute Gasteiger partial charge is 0.310 e. The molecule has 1 aliphatic carbocycles. The summed E-state index contributed by atoms with van der Waals surface area (Å²) in [7, 11) is 0. The Morgan fingerprint density at radius 1 is 0.242 bits per heavy atom. The topological polar surface area (TPSA) is 3.24 Å². The van der Waals surface area contributed by atoms with Crippen molar-refractivity contribution in [3.63, 3.8) is 0 Å². The average molecular weight is 790 g/mol. The van der Waals surface area contributed by atoms with Crippen LogP contribution in [0.15, 0.2) is 261 Å². The molecule has 0 amide bonds. The number of anilines is 3. The molecule has 1 aliphatic rings. The first-order chi connectivity index (χ1) is 30.8. The molecule has 292 valence electrons. The van der Waals surface area contributed by atoms with Gasteiger partial charge in [-0.1, -0.05) is 224 Å². The van der Waals surface area contributed by atoms with Crippen LogP contribution in [0.4, 0.5) is 17.1 Å². The summed E-state index contributed by atoms with van der Waals surface area (Å²) in [6.45, 7) is 0. The van der Waals surface area contributed by atoms with Crippen LogP contribution in [0.25, 0.3) is 55.6 Å². The van der Waals surface area contributed by atoms with E-state index in [1.807, 2.05) is 0 Å². The maximum Gasteiger partial charge on any atom is 0.0714 e. The lowest BCUT2D eigenvalue weighted by Crippen LogP contribution is -2.28. The Bertz CT molecular complexity index is 3100. The molecule has 0 heterocycles. The van der Waals surface area contributed by atoms with Crippen molar-refractivity contribution in [1.29, 1.82) is 0 Å². The highest BCUT2D eigenvalue weighted by molar-refractivity contribution is 6.00. The van der Waals surface area contributed by atoms with E-state index in [1.165, 1.54) is 72.3 Å². The smallest absolute Gasteiger partial charge is 0.0714 e. The Labute approximate surface area is 364 Å². The van der Waals surface area contributed by atoms with Gasteiger partial charge >= 0.3 is 0 Å². The van der Waals surface area contributed by atoms with Crippen molar-refractivity contribution in [2.24, 2.45) is 0 Å². The van der Waals surface area contributed by atoms with Crippen LogP contribution in [0.1, 0.15) is 22.3 Å². The van der Waals surface area contributed by atoms with Crippen LogP contribution in [0, 0.1) is 0 Å². The third kappa shape index (κ3) is 6.26. The van der Waals surface area contributed by atoms with Gasteiger partial charge in [0.1, 0.15) is 0 Å². The summed E-state index contributed by atoms with van der Waals surface area (Å²) in [5, 5.41) is 0. The molecule has 62 heavy (non-hydrogen) atoms. The van der Waals surface area contributed by atoms with Gasteiger partial charge in [-0.05, 0) is 114 Å².